The molecule has 0 aliphatic heterocycles. The molecule has 0 aromatic heterocycles. The highest BCUT2D eigenvalue weighted by Crippen LogP contribution is 2.14. The predicted octanol–water partition coefficient (Wildman–Crippen LogP) is 6.86. The normalized spacial score (nSPS) is 11.0. The fourth-order valence-corrected chi connectivity index (χ4v) is 4.02. The van der Waals surface area contributed by atoms with Crippen LogP contribution < -0.4 is 5.73 Å². The first-order valence-electron chi connectivity index (χ1n) is 10.6. The number of thioether (sulfide) groups is 1. The smallest absolute Gasteiger partial charge is 0.217 e. The van der Waals surface area contributed by atoms with Crippen LogP contribution in [0.5, 0.6) is 0 Å². The summed E-state index contributed by atoms with van der Waals surface area (Å²) in [7, 11) is 0. The van der Waals surface area contributed by atoms with Gasteiger partial charge in [0.2, 0.25) is 5.91 Å². The van der Waals surface area contributed by atoms with E-state index >= 15 is 0 Å². The summed E-state index contributed by atoms with van der Waals surface area (Å²) in [5.41, 5.74) is 5.13. The van der Waals surface area contributed by atoms with Crippen LogP contribution in [0.15, 0.2) is 0 Å². The van der Waals surface area contributed by atoms with Crippen LogP contribution in [0.2, 0.25) is 0 Å². The highest BCUT2D eigenvalue weighted by molar-refractivity contribution is 7.99. The summed E-state index contributed by atoms with van der Waals surface area (Å²) in [5.74, 6) is 2.57. The van der Waals surface area contributed by atoms with Crippen LogP contribution in [0.3, 0.4) is 0 Å². The Hall–Kier alpha value is -0.180. The molecule has 0 unspecified atom stereocenters. The van der Waals surface area contributed by atoms with Crippen LogP contribution in [-0.4, -0.2) is 17.4 Å². The SMILES string of the molecule is CCCCCCCCCCSCCCCCCCCCCC(N)=O. The molecule has 0 spiro atoms. The van der Waals surface area contributed by atoms with E-state index < -0.39 is 0 Å². The van der Waals surface area contributed by atoms with Gasteiger partial charge in [-0.25, -0.2) is 0 Å². The maximum atomic E-state index is 10.6. The van der Waals surface area contributed by atoms with Crippen LogP contribution in [-0.2, 0) is 4.79 Å². The Morgan fingerprint density at radius 3 is 1.42 bits per heavy atom. The minimum Gasteiger partial charge on any atom is -0.370 e. The molecule has 0 fully saturated rings. The quantitative estimate of drug-likeness (QED) is 0.242. The van der Waals surface area contributed by atoms with Gasteiger partial charge in [-0.3, -0.25) is 4.79 Å². The molecule has 0 heterocycles. The van der Waals surface area contributed by atoms with Crippen molar-refractivity contribution < 1.29 is 4.79 Å². The van der Waals surface area contributed by atoms with E-state index in [4.69, 9.17) is 5.73 Å². The van der Waals surface area contributed by atoms with Gasteiger partial charge < -0.3 is 5.73 Å². The zero-order chi connectivity index (χ0) is 17.7. The molecule has 0 saturated carbocycles. The van der Waals surface area contributed by atoms with Gasteiger partial charge in [-0.1, -0.05) is 90.4 Å². The fraction of sp³-hybridized carbons (Fsp3) is 0.952. The summed E-state index contributed by atoms with van der Waals surface area (Å²) in [5, 5.41) is 0. The summed E-state index contributed by atoms with van der Waals surface area (Å²) >= 11 is 2.16. The summed E-state index contributed by atoms with van der Waals surface area (Å²) < 4.78 is 0. The third-order valence-corrected chi connectivity index (χ3v) is 5.76. The molecule has 0 atom stereocenters. The third kappa shape index (κ3) is 21.8. The van der Waals surface area contributed by atoms with Gasteiger partial charge in [-0.05, 0) is 30.8 Å². The van der Waals surface area contributed by atoms with Crippen molar-refractivity contribution in [2.45, 2.75) is 116 Å². The van der Waals surface area contributed by atoms with Crippen molar-refractivity contribution >= 4 is 17.7 Å². The van der Waals surface area contributed by atoms with E-state index in [0.717, 1.165) is 12.8 Å². The number of amides is 1. The van der Waals surface area contributed by atoms with E-state index in [-0.39, 0.29) is 5.91 Å². The maximum Gasteiger partial charge on any atom is 0.217 e. The van der Waals surface area contributed by atoms with Gasteiger partial charge in [0.05, 0.1) is 0 Å². The van der Waals surface area contributed by atoms with Crippen LogP contribution in [0.25, 0.3) is 0 Å². The number of unbranched alkanes of at least 4 members (excludes halogenated alkanes) is 14. The van der Waals surface area contributed by atoms with Crippen LogP contribution >= 0.6 is 11.8 Å². The molecule has 0 aromatic rings. The van der Waals surface area contributed by atoms with Crippen molar-refractivity contribution in [1.29, 1.82) is 0 Å². The zero-order valence-electron chi connectivity index (χ0n) is 16.3. The molecule has 2 nitrogen and oxygen atoms in total. The molecular formula is C21H43NOS. The Morgan fingerprint density at radius 2 is 1.00 bits per heavy atom. The van der Waals surface area contributed by atoms with Crippen LogP contribution in [0, 0.1) is 0 Å². The second-order valence-corrected chi connectivity index (χ2v) is 8.36. The minimum atomic E-state index is -0.153. The largest absolute Gasteiger partial charge is 0.370 e. The Morgan fingerprint density at radius 1 is 0.625 bits per heavy atom. The van der Waals surface area contributed by atoms with E-state index in [0.29, 0.717) is 6.42 Å². The number of rotatable bonds is 20. The van der Waals surface area contributed by atoms with E-state index in [2.05, 4.69) is 18.7 Å². The number of carbonyl (C=O) groups excluding carboxylic acids is 1. The first kappa shape index (κ1) is 23.8. The first-order valence-corrected chi connectivity index (χ1v) is 11.8. The fourth-order valence-electron chi connectivity index (χ4n) is 3.00. The van der Waals surface area contributed by atoms with Gasteiger partial charge in [0.25, 0.3) is 0 Å². The van der Waals surface area contributed by atoms with Gasteiger partial charge in [-0.2, -0.15) is 11.8 Å². The third-order valence-electron chi connectivity index (χ3n) is 4.60. The second-order valence-electron chi connectivity index (χ2n) is 7.13. The molecule has 0 aliphatic rings. The van der Waals surface area contributed by atoms with E-state index in [1.165, 1.54) is 101 Å². The van der Waals surface area contributed by atoms with Crippen LogP contribution in [0.1, 0.15) is 116 Å². The van der Waals surface area contributed by atoms with E-state index in [9.17, 15) is 4.79 Å². The van der Waals surface area contributed by atoms with Gasteiger partial charge in [0.1, 0.15) is 0 Å². The summed E-state index contributed by atoms with van der Waals surface area (Å²) in [6.07, 6.45) is 22.3. The topological polar surface area (TPSA) is 43.1 Å². The number of hydrogen-bond acceptors (Lipinski definition) is 2. The number of hydrogen-bond donors (Lipinski definition) is 1. The molecule has 24 heavy (non-hydrogen) atoms. The molecule has 0 rings (SSSR count). The van der Waals surface area contributed by atoms with Crippen LogP contribution in [0.4, 0.5) is 0 Å². The van der Waals surface area contributed by atoms with Crippen molar-refractivity contribution in [1.82, 2.24) is 0 Å². The van der Waals surface area contributed by atoms with Gasteiger partial charge in [0.15, 0.2) is 0 Å². The molecule has 3 heteroatoms. The lowest BCUT2D eigenvalue weighted by Gasteiger charge is -2.04. The average molecular weight is 358 g/mol. The van der Waals surface area contributed by atoms with Crippen molar-refractivity contribution in [2.75, 3.05) is 11.5 Å². The summed E-state index contributed by atoms with van der Waals surface area (Å²) in [4.78, 5) is 10.6. The van der Waals surface area contributed by atoms with E-state index in [1.807, 2.05) is 0 Å². The Balaban J connectivity index is 2.97. The van der Waals surface area contributed by atoms with Crippen molar-refractivity contribution in [3.63, 3.8) is 0 Å². The van der Waals surface area contributed by atoms with Crippen molar-refractivity contribution in [3.05, 3.63) is 0 Å². The summed E-state index contributed by atoms with van der Waals surface area (Å²) in [6, 6.07) is 0. The minimum absolute atomic E-state index is 0.153. The van der Waals surface area contributed by atoms with Gasteiger partial charge in [-0.15, -0.1) is 0 Å². The Kier molecular flexibility index (Phi) is 20.7. The molecule has 0 radical (unpaired) electrons. The van der Waals surface area contributed by atoms with Gasteiger partial charge >= 0.3 is 0 Å². The maximum absolute atomic E-state index is 10.6. The predicted molar refractivity (Wildman–Crippen MR) is 111 cm³/mol. The van der Waals surface area contributed by atoms with E-state index in [1.54, 1.807) is 0 Å². The molecule has 0 aliphatic carbocycles. The first-order chi connectivity index (χ1) is 11.8. The lowest BCUT2D eigenvalue weighted by Crippen LogP contribution is -2.09. The number of primary amides is 1. The number of carbonyl (C=O) groups is 1. The number of nitrogens with two attached hydrogens (primary N) is 1. The highest BCUT2D eigenvalue weighted by Gasteiger charge is 1.96. The molecule has 0 bridgehead atoms. The Bertz CT molecular complexity index is 258. The molecule has 1 amide bonds. The summed E-state index contributed by atoms with van der Waals surface area (Å²) in [6.45, 7) is 2.28. The zero-order valence-corrected chi connectivity index (χ0v) is 17.1. The molecule has 0 saturated heterocycles. The Labute approximate surface area is 156 Å². The lowest BCUT2D eigenvalue weighted by atomic mass is 10.1. The van der Waals surface area contributed by atoms with Crippen molar-refractivity contribution in [2.24, 2.45) is 5.73 Å². The van der Waals surface area contributed by atoms with Gasteiger partial charge in [0, 0.05) is 6.42 Å². The molecule has 0 aromatic carbocycles. The average Bonchev–Trinajstić information content (AvgIpc) is 2.56. The molecule has 144 valence electrons. The monoisotopic (exact) mass is 357 g/mol. The standard InChI is InChI=1S/C21H43NOS/c1-2-3-4-5-6-10-13-16-19-24-20-17-14-11-8-7-9-12-15-18-21(22)23/h2-20H2,1H3,(H2,22,23). The molecule has 2 N–H and O–H groups in total. The second kappa shape index (κ2) is 20.9. The lowest BCUT2D eigenvalue weighted by molar-refractivity contribution is -0.118. The van der Waals surface area contributed by atoms with Crippen molar-refractivity contribution in [3.8, 4) is 0 Å². The highest BCUT2D eigenvalue weighted by atomic mass is 32.2. The molecular weight excluding hydrogens is 314 g/mol.